The summed E-state index contributed by atoms with van der Waals surface area (Å²) in [6, 6.07) is 41.2. The van der Waals surface area contributed by atoms with E-state index in [2.05, 4.69) is 84.7 Å². The first-order valence-electron chi connectivity index (χ1n) is 18.0. The quantitative estimate of drug-likeness (QED) is 0.197. The number of rotatable bonds is 3. The van der Waals surface area contributed by atoms with Gasteiger partial charge >= 0.3 is 0 Å². The first-order valence-corrected chi connectivity index (χ1v) is 18.0. The Morgan fingerprint density at radius 3 is 1.08 bits per heavy atom. The maximum absolute atomic E-state index is 4.71. The van der Waals surface area contributed by atoms with Crippen molar-refractivity contribution in [3.63, 3.8) is 0 Å². The molecule has 0 fully saturated rings. The zero-order valence-corrected chi connectivity index (χ0v) is 38.9. The average molecular weight is 813 g/mol. The van der Waals surface area contributed by atoms with Gasteiger partial charge in [0.15, 0.2) is 0 Å². The minimum absolute atomic E-state index is 0. The molecule has 262 valence electrons. The molecule has 4 heteroatoms. The fourth-order valence-corrected chi connectivity index (χ4v) is 3.75. The predicted octanol–water partition coefficient (Wildman–Crippen LogP) is 14.5. The molecule has 0 atom stereocenters. The van der Waals surface area contributed by atoms with E-state index in [-0.39, 0.29) is 65.4 Å². The van der Waals surface area contributed by atoms with Crippen molar-refractivity contribution in [2.75, 3.05) is 0 Å². The van der Waals surface area contributed by atoms with Gasteiger partial charge < -0.3 is 0 Å². The normalized spacial score (nSPS) is 10.3. The molecular weight excluding hydrogens is 746 g/mol. The predicted molar refractivity (Wildman–Crippen MR) is 218 cm³/mol. The van der Waals surface area contributed by atoms with E-state index in [1.54, 1.807) is 0 Å². The first kappa shape index (κ1) is 56.3. The van der Waals surface area contributed by atoms with Crippen LogP contribution in [0.2, 0.25) is 0 Å². The molecular formula is C45H66N2Y2. The first-order chi connectivity index (χ1) is 23.3. The zero-order valence-electron chi connectivity index (χ0n) is 33.2. The monoisotopic (exact) mass is 812 g/mol. The van der Waals surface area contributed by atoms with Crippen molar-refractivity contribution in [2.24, 2.45) is 9.98 Å². The van der Waals surface area contributed by atoms with Crippen LogP contribution < -0.4 is 0 Å². The number of hydrogen-bond acceptors (Lipinski definition) is 2. The van der Waals surface area contributed by atoms with Crippen LogP contribution in [-0.2, 0) is 65.4 Å². The van der Waals surface area contributed by atoms with Gasteiger partial charge in [-0.05, 0) is 23.6 Å². The summed E-state index contributed by atoms with van der Waals surface area (Å²) in [6.45, 7) is 26.1. The minimum atomic E-state index is 0. The molecule has 2 aliphatic rings. The molecule has 0 spiro atoms. The molecule has 0 aliphatic carbocycles. The van der Waals surface area contributed by atoms with Gasteiger partial charge in [0, 0.05) is 84.5 Å². The van der Waals surface area contributed by atoms with E-state index in [1.807, 2.05) is 150 Å². The SMILES string of the molecule is C1=C(c2ccccc2)N=C(c2ccccc2)C1.C1=CN=C(c2ccccc2)C1.CC.CC.CC.CC.CC.CC.Cc1ccccc1.[Y].[Y]. The molecule has 4 aromatic carbocycles. The summed E-state index contributed by atoms with van der Waals surface area (Å²) in [4.78, 5) is 8.95. The van der Waals surface area contributed by atoms with E-state index in [0.717, 1.165) is 24.3 Å². The number of hydrogen-bond donors (Lipinski definition) is 0. The van der Waals surface area contributed by atoms with E-state index in [0.29, 0.717) is 0 Å². The number of aliphatic imine (C=N–C) groups is 2. The van der Waals surface area contributed by atoms with Crippen LogP contribution in [0.3, 0.4) is 0 Å². The number of benzene rings is 4. The van der Waals surface area contributed by atoms with Gasteiger partial charge in [-0.15, -0.1) is 0 Å². The molecule has 0 N–H and O–H groups in total. The fourth-order valence-electron chi connectivity index (χ4n) is 3.75. The molecule has 2 radical (unpaired) electrons. The second-order valence-corrected chi connectivity index (χ2v) is 8.27. The summed E-state index contributed by atoms with van der Waals surface area (Å²) in [7, 11) is 0. The van der Waals surface area contributed by atoms with E-state index in [4.69, 9.17) is 4.99 Å². The zero-order chi connectivity index (χ0) is 36.1. The molecule has 6 rings (SSSR count). The largest absolute Gasteiger partial charge is 0.261 e. The van der Waals surface area contributed by atoms with Crippen LogP contribution in [0.25, 0.3) is 5.70 Å². The Morgan fingerprint density at radius 2 is 0.755 bits per heavy atom. The summed E-state index contributed by atoms with van der Waals surface area (Å²) in [6.07, 6.45) is 8.03. The van der Waals surface area contributed by atoms with Gasteiger partial charge in [-0.25, -0.2) is 0 Å². The molecule has 4 aromatic rings. The van der Waals surface area contributed by atoms with Crippen molar-refractivity contribution in [3.05, 3.63) is 162 Å². The summed E-state index contributed by atoms with van der Waals surface area (Å²) in [5.41, 5.74) is 8.38. The van der Waals surface area contributed by atoms with Crippen molar-refractivity contribution in [1.29, 1.82) is 0 Å². The van der Waals surface area contributed by atoms with E-state index in [9.17, 15) is 0 Å². The molecule has 2 nitrogen and oxygen atoms in total. The second kappa shape index (κ2) is 43.9. The Hall–Kier alpha value is -2.09. The van der Waals surface area contributed by atoms with Crippen molar-refractivity contribution in [3.8, 4) is 0 Å². The van der Waals surface area contributed by atoms with Crippen LogP contribution >= 0.6 is 0 Å². The third-order valence-electron chi connectivity index (χ3n) is 5.62. The third kappa shape index (κ3) is 26.4. The Balaban J connectivity index is -0.000000177. The van der Waals surface area contributed by atoms with Crippen LogP contribution in [0.4, 0.5) is 0 Å². The van der Waals surface area contributed by atoms with E-state index in [1.165, 1.54) is 28.0 Å². The maximum atomic E-state index is 4.71. The molecule has 0 aromatic heterocycles. The average Bonchev–Trinajstić information content (AvgIpc) is 3.93. The summed E-state index contributed by atoms with van der Waals surface area (Å²) in [5, 5.41) is 0. The van der Waals surface area contributed by atoms with Crippen LogP contribution in [0.1, 0.15) is 118 Å². The Bertz CT molecular complexity index is 1310. The van der Waals surface area contributed by atoms with Crippen molar-refractivity contribution in [2.45, 2.75) is 103 Å². The molecule has 2 aliphatic heterocycles. The van der Waals surface area contributed by atoms with Gasteiger partial charge in [-0.2, -0.15) is 0 Å². The molecule has 2 heterocycles. The van der Waals surface area contributed by atoms with Crippen LogP contribution in [-0.4, -0.2) is 11.4 Å². The van der Waals surface area contributed by atoms with Gasteiger partial charge in [0.1, 0.15) is 0 Å². The molecule has 0 saturated carbocycles. The van der Waals surface area contributed by atoms with Gasteiger partial charge in [-0.3, -0.25) is 9.98 Å². The van der Waals surface area contributed by atoms with Gasteiger partial charge in [-0.1, -0.05) is 222 Å². The standard InChI is InChI=1S/C16H13N.C10H9N.C7H8.6C2H6.2Y/c1-3-7-13(8-4-1)15-11-12-16(17-15)14-9-5-2-6-10-14;1-2-5-9(6-3-1)10-7-4-8-11-10;1-7-5-3-2-4-6-7;6*1-2;;/h1-11H,12H2;1-6,8H,7H2;2-6H,1H3;6*1-2H3;;. The summed E-state index contributed by atoms with van der Waals surface area (Å²) in [5.74, 6) is 0. The molecule has 0 saturated heterocycles. The van der Waals surface area contributed by atoms with Crippen LogP contribution in [0.15, 0.2) is 150 Å². The van der Waals surface area contributed by atoms with Crippen molar-refractivity contribution >= 4 is 17.1 Å². The summed E-state index contributed by atoms with van der Waals surface area (Å²) >= 11 is 0. The molecule has 0 bridgehead atoms. The van der Waals surface area contributed by atoms with Crippen molar-refractivity contribution < 1.29 is 65.4 Å². The molecule has 0 unspecified atom stereocenters. The Morgan fingerprint density at radius 1 is 0.408 bits per heavy atom. The second-order valence-electron chi connectivity index (χ2n) is 8.27. The van der Waals surface area contributed by atoms with E-state index >= 15 is 0 Å². The number of allylic oxidation sites excluding steroid dienone is 2. The van der Waals surface area contributed by atoms with Gasteiger partial charge in [0.25, 0.3) is 0 Å². The summed E-state index contributed by atoms with van der Waals surface area (Å²) < 4.78 is 0. The van der Waals surface area contributed by atoms with Crippen LogP contribution in [0, 0.1) is 6.92 Å². The third-order valence-corrected chi connectivity index (χ3v) is 5.62. The number of aryl methyl sites for hydroxylation is 1. The maximum Gasteiger partial charge on any atom is 0.0669 e. The molecule has 0 amide bonds. The molecule has 49 heavy (non-hydrogen) atoms. The van der Waals surface area contributed by atoms with Gasteiger partial charge in [0.05, 0.1) is 17.1 Å². The smallest absolute Gasteiger partial charge is 0.0669 e. The van der Waals surface area contributed by atoms with Crippen LogP contribution in [0.5, 0.6) is 0 Å². The Labute approximate surface area is 353 Å². The fraction of sp³-hybridized carbons (Fsp3) is 0.333. The van der Waals surface area contributed by atoms with Gasteiger partial charge in [0.2, 0.25) is 0 Å². The topological polar surface area (TPSA) is 24.7 Å². The Kier molecular flexibility index (Phi) is 50.5. The minimum Gasteiger partial charge on any atom is -0.261 e. The van der Waals surface area contributed by atoms with E-state index < -0.39 is 0 Å². The van der Waals surface area contributed by atoms with Crippen molar-refractivity contribution in [1.82, 2.24) is 0 Å². The number of nitrogens with zero attached hydrogens (tertiary/aromatic N) is 2.